The lowest BCUT2D eigenvalue weighted by Gasteiger charge is -2.01. The minimum Gasteiger partial charge on any atom is -0.267 e. The van der Waals surface area contributed by atoms with Crippen molar-refractivity contribution in [3.8, 4) is 0 Å². The third kappa shape index (κ3) is 3.05. The number of rotatable bonds is 3. The molecule has 4 heteroatoms. The van der Waals surface area contributed by atoms with Gasteiger partial charge in [-0.25, -0.2) is 5.43 Å². The number of hydrogen-bond donors (Lipinski definition) is 1. The number of thiophene rings is 1. The van der Waals surface area contributed by atoms with Gasteiger partial charge in [-0.1, -0.05) is 23.8 Å². The number of nitrogens with zero attached hydrogens (tertiary/aromatic N) is 1. The molecule has 3 nitrogen and oxygen atoms in total. The lowest BCUT2D eigenvalue weighted by atomic mass is 10.1. The van der Waals surface area contributed by atoms with Crippen LogP contribution in [0.15, 0.2) is 46.9 Å². The minimum atomic E-state index is -0.189. The largest absolute Gasteiger partial charge is 0.271 e. The number of amides is 1. The van der Waals surface area contributed by atoms with Crippen LogP contribution in [0.1, 0.15) is 27.7 Å². The van der Waals surface area contributed by atoms with Crippen molar-refractivity contribution in [3.63, 3.8) is 0 Å². The van der Waals surface area contributed by atoms with Gasteiger partial charge in [0.1, 0.15) is 0 Å². The number of aryl methyl sites for hydroxylation is 1. The Morgan fingerprint density at radius 1 is 1.22 bits per heavy atom. The number of carbonyl (C=O) groups is 1. The van der Waals surface area contributed by atoms with Gasteiger partial charge in [0.2, 0.25) is 0 Å². The molecule has 0 aliphatic rings. The van der Waals surface area contributed by atoms with Gasteiger partial charge < -0.3 is 0 Å². The molecular formula is C14H14N2OS. The van der Waals surface area contributed by atoms with Crippen molar-refractivity contribution in [2.24, 2.45) is 5.10 Å². The number of hydrogen-bond acceptors (Lipinski definition) is 3. The van der Waals surface area contributed by atoms with E-state index in [4.69, 9.17) is 0 Å². The topological polar surface area (TPSA) is 41.5 Å². The predicted molar refractivity (Wildman–Crippen MR) is 75.2 cm³/mol. The molecule has 2 aromatic rings. The molecule has 2 rings (SSSR count). The van der Waals surface area contributed by atoms with Crippen molar-refractivity contribution >= 4 is 23.0 Å². The Morgan fingerprint density at radius 3 is 2.56 bits per heavy atom. The standard InChI is InChI=1S/C14H14N2OS/c1-10-5-7-12(8-6-10)14(17)16-15-11(2)13-4-3-9-18-13/h3-9H,1-2H3,(H,16,17)/b15-11-. The highest BCUT2D eigenvalue weighted by atomic mass is 32.1. The molecule has 1 aromatic carbocycles. The molecule has 0 saturated heterocycles. The summed E-state index contributed by atoms with van der Waals surface area (Å²) >= 11 is 1.60. The highest BCUT2D eigenvalue weighted by molar-refractivity contribution is 7.12. The molecule has 92 valence electrons. The highest BCUT2D eigenvalue weighted by Gasteiger charge is 2.04. The van der Waals surface area contributed by atoms with Gasteiger partial charge in [-0.2, -0.15) is 5.10 Å². The van der Waals surface area contributed by atoms with E-state index in [9.17, 15) is 4.79 Å². The number of nitrogens with one attached hydrogen (secondary N) is 1. The van der Waals surface area contributed by atoms with Crippen LogP contribution in [0.4, 0.5) is 0 Å². The van der Waals surface area contributed by atoms with E-state index < -0.39 is 0 Å². The average molecular weight is 258 g/mol. The molecule has 0 fully saturated rings. The second-order valence-electron chi connectivity index (χ2n) is 3.98. The maximum absolute atomic E-state index is 11.8. The third-order valence-electron chi connectivity index (χ3n) is 2.52. The van der Waals surface area contributed by atoms with Crippen LogP contribution in [-0.4, -0.2) is 11.6 Å². The smallest absolute Gasteiger partial charge is 0.267 e. The van der Waals surface area contributed by atoms with E-state index in [2.05, 4.69) is 10.5 Å². The Hall–Kier alpha value is -1.94. The van der Waals surface area contributed by atoms with E-state index in [1.807, 2.05) is 43.5 Å². The minimum absolute atomic E-state index is 0.189. The molecule has 0 aliphatic heterocycles. The number of carbonyl (C=O) groups excluding carboxylic acids is 1. The zero-order valence-electron chi connectivity index (χ0n) is 10.3. The maximum atomic E-state index is 11.8. The van der Waals surface area contributed by atoms with Gasteiger partial charge >= 0.3 is 0 Å². The Balaban J connectivity index is 2.04. The molecule has 0 atom stereocenters. The summed E-state index contributed by atoms with van der Waals surface area (Å²) in [6.07, 6.45) is 0. The first kappa shape index (κ1) is 12.5. The zero-order chi connectivity index (χ0) is 13.0. The van der Waals surface area contributed by atoms with E-state index in [-0.39, 0.29) is 5.91 Å². The Kier molecular flexibility index (Phi) is 3.89. The van der Waals surface area contributed by atoms with Crippen LogP contribution >= 0.6 is 11.3 Å². The third-order valence-corrected chi connectivity index (χ3v) is 3.50. The van der Waals surface area contributed by atoms with Crippen LogP contribution in [0, 0.1) is 6.92 Å². The van der Waals surface area contributed by atoms with Crippen molar-refractivity contribution in [1.82, 2.24) is 5.43 Å². The molecule has 1 heterocycles. The summed E-state index contributed by atoms with van der Waals surface area (Å²) < 4.78 is 0. The number of benzene rings is 1. The van der Waals surface area contributed by atoms with Crippen molar-refractivity contribution in [3.05, 3.63) is 57.8 Å². The van der Waals surface area contributed by atoms with Gasteiger partial charge in [-0.05, 0) is 37.4 Å². The maximum Gasteiger partial charge on any atom is 0.271 e. The van der Waals surface area contributed by atoms with Gasteiger partial charge in [0.25, 0.3) is 5.91 Å². The summed E-state index contributed by atoms with van der Waals surface area (Å²) in [5.74, 6) is -0.189. The van der Waals surface area contributed by atoms with Crippen LogP contribution in [0.5, 0.6) is 0 Å². The monoisotopic (exact) mass is 258 g/mol. The highest BCUT2D eigenvalue weighted by Crippen LogP contribution is 2.09. The van der Waals surface area contributed by atoms with Crippen LogP contribution < -0.4 is 5.43 Å². The van der Waals surface area contributed by atoms with Crippen molar-refractivity contribution < 1.29 is 4.79 Å². The fourth-order valence-corrected chi connectivity index (χ4v) is 2.12. The van der Waals surface area contributed by atoms with Crippen LogP contribution in [0.3, 0.4) is 0 Å². The lowest BCUT2D eigenvalue weighted by molar-refractivity contribution is 0.0955. The first-order valence-electron chi connectivity index (χ1n) is 5.62. The van der Waals surface area contributed by atoms with Gasteiger partial charge in [-0.15, -0.1) is 11.3 Å². The lowest BCUT2D eigenvalue weighted by Crippen LogP contribution is -2.19. The van der Waals surface area contributed by atoms with Gasteiger partial charge in [-0.3, -0.25) is 4.79 Å². The van der Waals surface area contributed by atoms with Gasteiger partial charge in [0.05, 0.1) is 5.71 Å². The molecule has 0 saturated carbocycles. The molecule has 1 N–H and O–H groups in total. The molecular weight excluding hydrogens is 244 g/mol. The summed E-state index contributed by atoms with van der Waals surface area (Å²) in [4.78, 5) is 12.9. The first-order chi connectivity index (χ1) is 8.66. The second-order valence-corrected chi connectivity index (χ2v) is 4.93. The SMILES string of the molecule is C/C(=N/NC(=O)c1ccc(C)cc1)c1cccs1. The van der Waals surface area contributed by atoms with Crippen molar-refractivity contribution in [2.75, 3.05) is 0 Å². The molecule has 1 aromatic heterocycles. The van der Waals surface area contributed by atoms with E-state index in [0.29, 0.717) is 5.56 Å². The van der Waals surface area contributed by atoms with Crippen LogP contribution in [0.25, 0.3) is 0 Å². The van der Waals surface area contributed by atoms with Crippen molar-refractivity contribution in [2.45, 2.75) is 13.8 Å². The second kappa shape index (κ2) is 5.60. The van der Waals surface area contributed by atoms with Gasteiger partial charge in [0.15, 0.2) is 0 Å². The normalized spacial score (nSPS) is 11.3. The molecule has 0 unspecified atom stereocenters. The molecule has 0 radical (unpaired) electrons. The van der Waals surface area contributed by atoms with Gasteiger partial charge in [0, 0.05) is 10.4 Å². The first-order valence-corrected chi connectivity index (χ1v) is 6.50. The van der Waals surface area contributed by atoms with Crippen LogP contribution in [-0.2, 0) is 0 Å². The van der Waals surface area contributed by atoms with Crippen LogP contribution in [0.2, 0.25) is 0 Å². The molecule has 18 heavy (non-hydrogen) atoms. The zero-order valence-corrected chi connectivity index (χ0v) is 11.1. The summed E-state index contributed by atoms with van der Waals surface area (Å²) in [7, 11) is 0. The summed E-state index contributed by atoms with van der Waals surface area (Å²) in [5, 5.41) is 6.08. The van der Waals surface area contributed by atoms with E-state index in [1.54, 1.807) is 23.5 Å². The fourth-order valence-electron chi connectivity index (χ4n) is 1.44. The quantitative estimate of drug-likeness (QED) is 0.666. The molecule has 0 bridgehead atoms. The van der Waals surface area contributed by atoms with E-state index >= 15 is 0 Å². The Morgan fingerprint density at radius 2 is 1.94 bits per heavy atom. The molecule has 1 amide bonds. The van der Waals surface area contributed by atoms with E-state index in [0.717, 1.165) is 16.2 Å². The average Bonchev–Trinajstić information content (AvgIpc) is 2.90. The Labute approximate surface area is 110 Å². The predicted octanol–water partition coefficient (Wildman–Crippen LogP) is 3.21. The summed E-state index contributed by atoms with van der Waals surface area (Å²) in [6, 6.07) is 11.3. The molecule has 0 spiro atoms. The summed E-state index contributed by atoms with van der Waals surface area (Å²) in [5.41, 5.74) is 5.12. The summed E-state index contributed by atoms with van der Waals surface area (Å²) in [6.45, 7) is 3.86. The van der Waals surface area contributed by atoms with Crippen molar-refractivity contribution in [1.29, 1.82) is 0 Å². The fraction of sp³-hybridized carbons (Fsp3) is 0.143. The van der Waals surface area contributed by atoms with E-state index in [1.165, 1.54) is 0 Å². The Bertz CT molecular complexity index is 556. The molecule has 0 aliphatic carbocycles. The number of hydrazone groups is 1.